The van der Waals surface area contributed by atoms with Crippen molar-refractivity contribution in [3.05, 3.63) is 46.6 Å². The predicted octanol–water partition coefficient (Wildman–Crippen LogP) is 3.02. The number of para-hydroxylation sites is 1. The molecule has 2 atom stereocenters. The average Bonchev–Trinajstić information content (AvgIpc) is 3.46. The molecule has 0 saturated carbocycles. The fraction of sp³-hybridized carbons (Fsp3) is 0.429. The van der Waals surface area contributed by atoms with Crippen LogP contribution in [-0.2, 0) is 4.74 Å². The van der Waals surface area contributed by atoms with Gasteiger partial charge in [0.2, 0.25) is 5.82 Å². The number of aromatic nitrogens is 5. The second kappa shape index (κ2) is 6.96. The molecule has 0 amide bonds. The van der Waals surface area contributed by atoms with Crippen LogP contribution in [0.15, 0.2) is 33.8 Å². The van der Waals surface area contributed by atoms with Crippen LogP contribution in [0.5, 0.6) is 0 Å². The third kappa shape index (κ3) is 3.05. The Labute approximate surface area is 176 Å². The first kappa shape index (κ1) is 19.8. The zero-order valence-electron chi connectivity index (χ0n) is 17.4. The van der Waals surface area contributed by atoms with Crippen LogP contribution in [0.2, 0.25) is 0 Å². The normalized spacial score (nSPS) is 19.5. The highest BCUT2D eigenvalue weighted by Gasteiger charge is 2.36. The van der Waals surface area contributed by atoms with E-state index < -0.39 is 17.4 Å². The van der Waals surface area contributed by atoms with E-state index in [-0.39, 0.29) is 40.9 Å². The van der Waals surface area contributed by atoms with Gasteiger partial charge in [-0.2, -0.15) is 4.98 Å². The lowest BCUT2D eigenvalue weighted by molar-refractivity contribution is -0.0292. The van der Waals surface area contributed by atoms with Gasteiger partial charge in [0.1, 0.15) is 35.0 Å². The van der Waals surface area contributed by atoms with E-state index in [2.05, 4.69) is 15.1 Å². The van der Waals surface area contributed by atoms with Gasteiger partial charge in [-0.1, -0.05) is 11.2 Å². The van der Waals surface area contributed by atoms with Crippen molar-refractivity contribution in [3.63, 3.8) is 0 Å². The Balaban J connectivity index is 1.71. The van der Waals surface area contributed by atoms with E-state index in [0.717, 1.165) is 12.8 Å². The molecule has 0 spiro atoms. The lowest BCUT2D eigenvalue weighted by Crippen LogP contribution is -2.28. The molecule has 4 heterocycles. The van der Waals surface area contributed by atoms with Gasteiger partial charge in [-0.15, -0.1) is 0 Å². The smallest absolute Gasteiger partial charge is 0.278 e. The summed E-state index contributed by atoms with van der Waals surface area (Å²) in [6.45, 7) is 5.32. The largest absolute Gasteiger partial charge is 0.394 e. The van der Waals surface area contributed by atoms with Crippen LogP contribution in [0.3, 0.4) is 0 Å². The molecule has 9 nitrogen and oxygen atoms in total. The number of hydrogen-bond acceptors (Lipinski definition) is 7. The summed E-state index contributed by atoms with van der Waals surface area (Å²) in [7, 11) is 0. The molecular formula is C21H22FN5O4. The summed E-state index contributed by atoms with van der Waals surface area (Å²) in [5.41, 5.74) is 0.175. The van der Waals surface area contributed by atoms with E-state index in [0.29, 0.717) is 11.4 Å². The summed E-state index contributed by atoms with van der Waals surface area (Å²) in [6.07, 6.45) is 2.74. The number of rotatable bonds is 4. The van der Waals surface area contributed by atoms with Crippen LogP contribution in [0.4, 0.5) is 4.39 Å². The molecule has 10 heteroatoms. The molecule has 1 aliphatic heterocycles. The minimum atomic E-state index is -0.644. The highest BCUT2D eigenvalue weighted by Crippen LogP contribution is 2.38. The zero-order valence-corrected chi connectivity index (χ0v) is 17.4. The standard InChI is InChI=1S/C21H22FN5O4/c1-11(9-28)27-16-12(22)5-4-6-13(16)26-10-23-15(17(26)20(27)29)18-24-19(31-25-18)14-7-8-21(2,3)30-14/h4-6,10-11,14,28H,7-9H2,1-3H3. The lowest BCUT2D eigenvalue weighted by Gasteiger charge is -2.17. The molecule has 1 aromatic carbocycles. The molecule has 2 unspecified atom stereocenters. The fourth-order valence-electron chi connectivity index (χ4n) is 4.17. The summed E-state index contributed by atoms with van der Waals surface area (Å²) in [4.78, 5) is 22.2. The second-order valence-corrected chi connectivity index (χ2v) is 8.49. The maximum atomic E-state index is 14.7. The number of halogens is 1. The molecular weight excluding hydrogens is 405 g/mol. The van der Waals surface area contributed by atoms with Crippen molar-refractivity contribution in [2.24, 2.45) is 0 Å². The molecule has 162 valence electrons. The topological polar surface area (TPSA) is 108 Å². The molecule has 0 aliphatic carbocycles. The van der Waals surface area contributed by atoms with Gasteiger partial charge in [0, 0.05) is 0 Å². The number of ether oxygens (including phenoxy) is 1. The summed E-state index contributed by atoms with van der Waals surface area (Å²) in [5.74, 6) is -0.0747. The van der Waals surface area contributed by atoms with Crippen molar-refractivity contribution in [1.29, 1.82) is 0 Å². The molecule has 31 heavy (non-hydrogen) atoms. The summed E-state index contributed by atoms with van der Waals surface area (Å²) in [5, 5.41) is 13.7. The third-order valence-corrected chi connectivity index (χ3v) is 5.76. The van der Waals surface area contributed by atoms with Gasteiger partial charge in [-0.3, -0.25) is 13.8 Å². The van der Waals surface area contributed by atoms with Gasteiger partial charge in [0.15, 0.2) is 0 Å². The predicted molar refractivity (Wildman–Crippen MR) is 109 cm³/mol. The van der Waals surface area contributed by atoms with E-state index in [4.69, 9.17) is 9.26 Å². The van der Waals surface area contributed by atoms with Crippen LogP contribution in [0.25, 0.3) is 28.1 Å². The molecule has 0 bridgehead atoms. The summed E-state index contributed by atoms with van der Waals surface area (Å²) >= 11 is 0. The minimum Gasteiger partial charge on any atom is -0.394 e. The first-order valence-corrected chi connectivity index (χ1v) is 10.1. The number of fused-ring (bicyclic) bond motifs is 3. The van der Waals surface area contributed by atoms with Crippen LogP contribution >= 0.6 is 0 Å². The zero-order chi connectivity index (χ0) is 21.9. The van der Waals surface area contributed by atoms with E-state index in [1.54, 1.807) is 19.1 Å². The molecule has 3 aromatic heterocycles. The Morgan fingerprint density at radius 2 is 2.16 bits per heavy atom. The van der Waals surface area contributed by atoms with Crippen LogP contribution < -0.4 is 5.56 Å². The maximum Gasteiger partial charge on any atom is 0.278 e. The quantitative estimate of drug-likeness (QED) is 0.533. The number of aliphatic hydroxyl groups is 1. The number of hydrogen-bond donors (Lipinski definition) is 1. The first-order chi connectivity index (χ1) is 14.8. The third-order valence-electron chi connectivity index (χ3n) is 5.76. The van der Waals surface area contributed by atoms with Crippen molar-refractivity contribution < 1.29 is 18.8 Å². The summed E-state index contributed by atoms with van der Waals surface area (Å²) < 4.78 is 28.8. The number of aliphatic hydroxyl groups excluding tert-OH is 1. The van der Waals surface area contributed by atoms with Gasteiger partial charge in [-0.05, 0) is 45.7 Å². The van der Waals surface area contributed by atoms with Gasteiger partial charge in [-0.25, -0.2) is 9.37 Å². The number of benzene rings is 1. The van der Waals surface area contributed by atoms with Crippen molar-refractivity contribution >= 4 is 16.6 Å². The Morgan fingerprint density at radius 3 is 2.87 bits per heavy atom. The Kier molecular flexibility index (Phi) is 4.45. The monoisotopic (exact) mass is 427 g/mol. The molecule has 4 aromatic rings. The van der Waals surface area contributed by atoms with Crippen LogP contribution in [0.1, 0.15) is 51.6 Å². The number of nitrogens with zero attached hydrogens (tertiary/aromatic N) is 5. The molecule has 1 aliphatic rings. The van der Waals surface area contributed by atoms with E-state index in [1.165, 1.54) is 21.4 Å². The second-order valence-electron chi connectivity index (χ2n) is 8.49. The van der Waals surface area contributed by atoms with E-state index >= 15 is 0 Å². The Hall–Kier alpha value is -3.11. The van der Waals surface area contributed by atoms with Gasteiger partial charge in [0.05, 0.1) is 23.8 Å². The fourth-order valence-corrected chi connectivity index (χ4v) is 4.17. The van der Waals surface area contributed by atoms with Crippen molar-refractivity contribution in [3.8, 4) is 11.5 Å². The van der Waals surface area contributed by atoms with Crippen molar-refractivity contribution in [1.82, 2.24) is 24.1 Å². The molecule has 0 radical (unpaired) electrons. The Morgan fingerprint density at radius 1 is 1.35 bits per heavy atom. The first-order valence-electron chi connectivity index (χ1n) is 10.1. The van der Waals surface area contributed by atoms with Crippen LogP contribution in [-0.4, -0.2) is 41.4 Å². The molecule has 1 fully saturated rings. The Bertz CT molecular complexity index is 1360. The minimum absolute atomic E-state index is 0.0980. The molecule has 1 saturated heterocycles. The SMILES string of the molecule is CC(CO)n1c(=O)c2c(-c3noc(C4CCC(C)(C)O4)n3)ncn2c2cccc(F)c21. The average molecular weight is 427 g/mol. The highest BCUT2D eigenvalue weighted by molar-refractivity contribution is 5.84. The van der Waals surface area contributed by atoms with E-state index in [1.807, 2.05) is 13.8 Å². The van der Waals surface area contributed by atoms with Crippen molar-refractivity contribution in [2.45, 2.75) is 51.4 Å². The summed E-state index contributed by atoms with van der Waals surface area (Å²) in [6, 6.07) is 3.88. The van der Waals surface area contributed by atoms with Gasteiger partial charge >= 0.3 is 0 Å². The van der Waals surface area contributed by atoms with Crippen molar-refractivity contribution in [2.75, 3.05) is 6.61 Å². The molecule has 1 N–H and O–H groups in total. The van der Waals surface area contributed by atoms with E-state index in [9.17, 15) is 14.3 Å². The maximum absolute atomic E-state index is 14.7. The highest BCUT2D eigenvalue weighted by atomic mass is 19.1. The number of imidazole rings is 1. The van der Waals surface area contributed by atoms with Gasteiger partial charge < -0.3 is 14.4 Å². The van der Waals surface area contributed by atoms with Gasteiger partial charge in [0.25, 0.3) is 11.4 Å². The lowest BCUT2D eigenvalue weighted by atomic mass is 10.1. The van der Waals surface area contributed by atoms with Crippen LogP contribution in [0, 0.1) is 5.82 Å². The molecule has 5 rings (SSSR count).